The summed E-state index contributed by atoms with van der Waals surface area (Å²) < 4.78 is 56.2. The summed E-state index contributed by atoms with van der Waals surface area (Å²) in [6.45, 7) is 6.07. The number of amides is 1. The molecular weight excluding hydrogens is 558 g/mol. The maximum Gasteiger partial charge on any atom is 0.354 e. The van der Waals surface area contributed by atoms with E-state index in [0.717, 1.165) is 35.0 Å². The third-order valence-electron chi connectivity index (χ3n) is 6.92. The number of nitrogens with two attached hydrogens (primary N) is 1. The third-order valence-corrected chi connectivity index (χ3v) is 7.87. The summed E-state index contributed by atoms with van der Waals surface area (Å²) in [5.74, 6) is -2.60. The van der Waals surface area contributed by atoms with Crippen molar-refractivity contribution in [2.75, 3.05) is 24.5 Å². The number of sulfonamides is 1. The molecule has 41 heavy (non-hydrogen) atoms. The van der Waals surface area contributed by atoms with Crippen molar-refractivity contribution in [1.82, 2.24) is 19.4 Å². The maximum absolute atomic E-state index is 15.7. The van der Waals surface area contributed by atoms with Crippen LogP contribution in [-0.4, -0.2) is 64.5 Å². The van der Waals surface area contributed by atoms with Crippen LogP contribution in [0.2, 0.25) is 0 Å². The largest absolute Gasteiger partial charge is 0.507 e. The Labute approximate surface area is 232 Å². The third kappa shape index (κ3) is 4.91. The number of hydrogen-bond donors (Lipinski definition) is 2. The number of pyridine rings is 1. The van der Waals surface area contributed by atoms with Crippen molar-refractivity contribution in [1.29, 1.82) is 0 Å². The van der Waals surface area contributed by atoms with E-state index in [2.05, 4.69) is 16.5 Å². The van der Waals surface area contributed by atoms with Crippen LogP contribution in [-0.2, 0) is 14.8 Å². The predicted octanol–water partition coefficient (Wildman–Crippen LogP) is 2.30. The zero-order chi connectivity index (χ0) is 29.6. The van der Waals surface area contributed by atoms with E-state index in [0.29, 0.717) is 0 Å². The van der Waals surface area contributed by atoms with Crippen LogP contribution in [0, 0.1) is 11.6 Å². The molecule has 3 N–H and O–H groups in total. The van der Waals surface area contributed by atoms with Gasteiger partial charge >= 0.3 is 5.69 Å². The number of aromatic hydroxyl groups is 1. The Morgan fingerprint density at radius 1 is 1.20 bits per heavy atom. The molecule has 4 aromatic rings. The van der Waals surface area contributed by atoms with Gasteiger partial charge in [0.25, 0.3) is 0 Å². The van der Waals surface area contributed by atoms with E-state index in [1.807, 2.05) is 0 Å². The van der Waals surface area contributed by atoms with E-state index in [-0.39, 0.29) is 59.6 Å². The van der Waals surface area contributed by atoms with Crippen LogP contribution in [0.25, 0.3) is 27.7 Å². The molecule has 0 saturated carbocycles. The molecule has 5 rings (SSSR count). The minimum atomic E-state index is -4.36. The van der Waals surface area contributed by atoms with Gasteiger partial charge in [-0.25, -0.2) is 27.1 Å². The summed E-state index contributed by atoms with van der Waals surface area (Å²) in [5, 5.41) is 15.9. The van der Waals surface area contributed by atoms with Crippen molar-refractivity contribution < 1.29 is 27.1 Å². The van der Waals surface area contributed by atoms with E-state index in [9.17, 15) is 27.5 Å². The van der Waals surface area contributed by atoms with Crippen LogP contribution >= 0.6 is 0 Å². The number of nitrogens with zero attached hydrogens (tertiary/aromatic N) is 5. The normalized spacial score (nSPS) is 15.8. The summed E-state index contributed by atoms with van der Waals surface area (Å²) in [5.41, 5.74) is -2.08. The first-order valence-electron chi connectivity index (χ1n) is 12.3. The molecule has 0 aliphatic carbocycles. The number of aromatic nitrogens is 3. The molecule has 2 aromatic carbocycles. The van der Waals surface area contributed by atoms with Crippen LogP contribution < -0.4 is 15.7 Å². The van der Waals surface area contributed by atoms with Gasteiger partial charge in [-0.1, -0.05) is 12.6 Å². The van der Waals surface area contributed by atoms with Crippen LogP contribution in [0.3, 0.4) is 0 Å². The molecule has 212 valence electrons. The lowest BCUT2D eigenvalue weighted by atomic mass is 10.0. The highest BCUT2D eigenvalue weighted by atomic mass is 32.2. The summed E-state index contributed by atoms with van der Waals surface area (Å²) in [6.07, 6.45) is 3.46. The smallest absolute Gasteiger partial charge is 0.354 e. The molecule has 1 aliphatic heterocycles. The Bertz CT molecular complexity index is 1880. The molecule has 1 aliphatic rings. The average Bonchev–Trinajstić information content (AvgIpc) is 2.92. The van der Waals surface area contributed by atoms with Crippen molar-refractivity contribution >= 4 is 32.7 Å². The van der Waals surface area contributed by atoms with Gasteiger partial charge in [-0.3, -0.25) is 14.3 Å². The van der Waals surface area contributed by atoms with Gasteiger partial charge in [-0.15, -0.1) is 0 Å². The molecule has 1 saturated heterocycles. The Balaban J connectivity index is 1.83. The van der Waals surface area contributed by atoms with Gasteiger partial charge in [-0.2, -0.15) is 4.98 Å². The fourth-order valence-electron chi connectivity index (χ4n) is 5.04. The molecule has 0 spiro atoms. The SMILES string of the molecule is C=CC(=O)N1CCN(c2nc(=O)n(-c3cnccc3S(N)(=O)=O)c3cc(-c4c(O)cccc4F)c(F)cc23)[C@@H](C)C1. The van der Waals surface area contributed by atoms with Gasteiger partial charge in [0.1, 0.15) is 28.1 Å². The van der Waals surface area contributed by atoms with Crippen LogP contribution in [0.1, 0.15) is 6.92 Å². The summed E-state index contributed by atoms with van der Waals surface area (Å²) in [6, 6.07) is 6.37. The van der Waals surface area contributed by atoms with E-state index < -0.39 is 43.6 Å². The molecule has 0 bridgehead atoms. The second kappa shape index (κ2) is 10.4. The highest BCUT2D eigenvalue weighted by molar-refractivity contribution is 7.89. The number of phenolic OH excluding ortho intramolecular Hbond substituents is 1. The predicted molar refractivity (Wildman–Crippen MR) is 147 cm³/mol. The molecule has 2 aromatic heterocycles. The number of fused-ring (bicyclic) bond motifs is 1. The number of phenols is 1. The van der Waals surface area contributed by atoms with Crippen molar-refractivity contribution in [3.63, 3.8) is 0 Å². The number of anilines is 1. The Hall–Kier alpha value is -4.69. The number of primary sulfonamides is 1. The first-order chi connectivity index (χ1) is 19.4. The highest BCUT2D eigenvalue weighted by Crippen LogP contribution is 2.38. The zero-order valence-electron chi connectivity index (χ0n) is 21.7. The number of carbonyl (C=O) groups is 1. The first-order valence-corrected chi connectivity index (χ1v) is 13.9. The lowest BCUT2D eigenvalue weighted by molar-refractivity contribution is -0.126. The maximum atomic E-state index is 15.7. The molecule has 1 atom stereocenters. The zero-order valence-corrected chi connectivity index (χ0v) is 22.5. The molecule has 1 amide bonds. The quantitative estimate of drug-likeness (QED) is 0.340. The summed E-state index contributed by atoms with van der Waals surface area (Å²) in [4.78, 5) is 36.8. The standard InChI is InChI=1S/C27H24F2N6O5S/c1-3-24(37)33-9-10-34(15(2)14-33)26-17-11-19(29)16(25-18(28)5-4-6-22(25)36)12-20(17)35(27(38)32-26)21-13-31-8-7-23(21)41(30,39)40/h3-8,11-13,15,36H,1,9-10,14H2,2H3,(H2,30,39,40)/t15-/m0/s1. The Kier molecular flexibility index (Phi) is 7.05. The first kappa shape index (κ1) is 27.9. The highest BCUT2D eigenvalue weighted by Gasteiger charge is 2.30. The molecule has 11 nitrogen and oxygen atoms in total. The Morgan fingerprint density at radius 3 is 2.61 bits per heavy atom. The van der Waals surface area contributed by atoms with Crippen molar-refractivity contribution in [3.8, 4) is 22.6 Å². The lowest BCUT2D eigenvalue weighted by Gasteiger charge is -2.40. The van der Waals surface area contributed by atoms with Crippen LogP contribution in [0.4, 0.5) is 14.6 Å². The van der Waals surface area contributed by atoms with Crippen molar-refractivity contribution in [2.24, 2.45) is 5.14 Å². The molecule has 0 unspecified atom stereocenters. The fraction of sp³-hybridized carbons (Fsp3) is 0.185. The number of piperazine rings is 1. The fourth-order valence-corrected chi connectivity index (χ4v) is 5.72. The summed E-state index contributed by atoms with van der Waals surface area (Å²) in [7, 11) is -4.36. The average molecular weight is 583 g/mol. The number of hydrogen-bond acceptors (Lipinski definition) is 8. The minimum Gasteiger partial charge on any atom is -0.507 e. The molecular formula is C27H24F2N6O5S. The Morgan fingerprint density at radius 2 is 1.95 bits per heavy atom. The van der Waals surface area contributed by atoms with E-state index in [4.69, 9.17) is 5.14 Å². The molecule has 1 fully saturated rings. The minimum absolute atomic E-state index is 0.0475. The second-order valence-electron chi connectivity index (χ2n) is 9.46. The van der Waals surface area contributed by atoms with Gasteiger partial charge in [0, 0.05) is 42.8 Å². The lowest BCUT2D eigenvalue weighted by Crippen LogP contribution is -2.54. The number of benzene rings is 2. The van der Waals surface area contributed by atoms with E-state index in [1.54, 1.807) is 16.7 Å². The molecule has 0 radical (unpaired) electrons. The van der Waals surface area contributed by atoms with E-state index in [1.165, 1.54) is 24.4 Å². The van der Waals surface area contributed by atoms with Gasteiger partial charge in [-0.05, 0) is 43.3 Å². The monoisotopic (exact) mass is 582 g/mol. The van der Waals surface area contributed by atoms with Gasteiger partial charge in [0.15, 0.2) is 0 Å². The van der Waals surface area contributed by atoms with E-state index >= 15 is 4.39 Å². The molecule has 3 heterocycles. The van der Waals surface area contributed by atoms with Crippen molar-refractivity contribution in [2.45, 2.75) is 17.9 Å². The van der Waals surface area contributed by atoms with Crippen LogP contribution in [0.5, 0.6) is 5.75 Å². The van der Waals surface area contributed by atoms with Gasteiger partial charge < -0.3 is 14.9 Å². The molecule has 14 heteroatoms. The topological polar surface area (TPSA) is 152 Å². The van der Waals surface area contributed by atoms with Crippen molar-refractivity contribution in [3.05, 3.63) is 83.6 Å². The second-order valence-corrected chi connectivity index (χ2v) is 11.0. The van der Waals surface area contributed by atoms with Gasteiger partial charge in [0.2, 0.25) is 15.9 Å². The summed E-state index contributed by atoms with van der Waals surface area (Å²) >= 11 is 0. The van der Waals surface area contributed by atoms with Gasteiger partial charge in [0.05, 0.1) is 23.0 Å². The number of carbonyl (C=O) groups excluding carboxylic acids is 1. The number of rotatable bonds is 5. The number of halogens is 2. The van der Waals surface area contributed by atoms with Crippen LogP contribution in [0.15, 0.2) is 71.1 Å².